The molecule has 1 aliphatic heterocycles. The fourth-order valence-corrected chi connectivity index (χ4v) is 5.72. The lowest BCUT2D eigenvalue weighted by Crippen LogP contribution is -3.13. The molecule has 0 aliphatic carbocycles. The highest BCUT2D eigenvalue weighted by molar-refractivity contribution is 6.06. The Morgan fingerprint density at radius 2 is 1.48 bits per heavy atom. The molecule has 3 aromatic carbocycles. The summed E-state index contributed by atoms with van der Waals surface area (Å²) in [5, 5.41) is 12.5. The summed E-state index contributed by atoms with van der Waals surface area (Å²) in [6.07, 6.45) is 3.51. The molecular formula is C30H35N2O+. The summed E-state index contributed by atoms with van der Waals surface area (Å²) >= 11 is 0. The summed E-state index contributed by atoms with van der Waals surface area (Å²) in [5.74, 6) is 0. The van der Waals surface area contributed by atoms with Crippen molar-refractivity contribution in [2.24, 2.45) is 0 Å². The fourth-order valence-electron chi connectivity index (χ4n) is 5.72. The van der Waals surface area contributed by atoms with E-state index < -0.39 is 0 Å². The van der Waals surface area contributed by atoms with E-state index >= 15 is 0 Å². The van der Waals surface area contributed by atoms with Crippen molar-refractivity contribution in [1.82, 2.24) is 4.57 Å². The molecule has 1 saturated heterocycles. The number of aliphatic hydroxyl groups excluding tert-OH is 1. The van der Waals surface area contributed by atoms with Gasteiger partial charge in [0.15, 0.2) is 0 Å². The van der Waals surface area contributed by atoms with E-state index in [2.05, 4.69) is 91.2 Å². The molecule has 1 aliphatic rings. The van der Waals surface area contributed by atoms with E-state index in [9.17, 15) is 5.11 Å². The fraction of sp³-hybridized carbons (Fsp3) is 0.333. The van der Waals surface area contributed by atoms with Crippen molar-refractivity contribution in [3.8, 4) is 22.4 Å². The SMILES string of the molecule is Cc1cc(C)c2c(c1)c(-c1ccccc1)c(-c1ccccc1)n2C[C@H](O)C[NH+]1CCCCC1. The molecule has 0 spiro atoms. The number of nitrogens with one attached hydrogen (secondary N) is 1. The molecule has 33 heavy (non-hydrogen) atoms. The van der Waals surface area contributed by atoms with Crippen molar-refractivity contribution in [2.75, 3.05) is 19.6 Å². The lowest BCUT2D eigenvalue weighted by atomic mass is 9.97. The van der Waals surface area contributed by atoms with Crippen LogP contribution < -0.4 is 4.90 Å². The molecule has 3 nitrogen and oxygen atoms in total. The Labute approximate surface area is 197 Å². The largest absolute Gasteiger partial charge is 0.385 e. The Balaban J connectivity index is 1.70. The predicted molar refractivity (Wildman–Crippen MR) is 138 cm³/mol. The van der Waals surface area contributed by atoms with Crippen molar-refractivity contribution < 1.29 is 10.0 Å². The highest BCUT2D eigenvalue weighted by Crippen LogP contribution is 2.42. The van der Waals surface area contributed by atoms with Crippen LogP contribution in [0.25, 0.3) is 33.3 Å². The van der Waals surface area contributed by atoms with Crippen LogP contribution in [-0.4, -0.2) is 35.4 Å². The van der Waals surface area contributed by atoms with Crippen LogP contribution in [0.2, 0.25) is 0 Å². The molecule has 0 radical (unpaired) electrons. The van der Waals surface area contributed by atoms with Gasteiger partial charge in [-0.25, -0.2) is 0 Å². The van der Waals surface area contributed by atoms with Crippen molar-refractivity contribution in [3.63, 3.8) is 0 Å². The summed E-state index contributed by atoms with van der Waals surface area (Å²) in [5.41, 5.74) is 8.67. The molecule has 5 rings (SSSR count). The van der Waals surface area contributed by atoms with Gasteiger partial charge in [-0.2, -0.15) is 0 Å². The number of piperidine rings is 1. The van der Waals surface area contributed by atoms with Crippen molar-refractivity contribution in [3.05, 3.63) is 83.9 Å². The monoisotopic (exact) mass is 439 g/mol. The average Bonchev–Trinajstić information content (AvgIpc) is 3.14. The molecule has 1 atom stereocenters. The van der Waals surface area contributed by atoms with Crippen LogP contribution in [0.4, 0.5) is 0 Å². The van der Waals surface area contributed by atoms with Crippen LogP contribution in [-0.2, 0) is 6.54 Å². The summed E-state index contributed by atoms with van der Waals surface area (Å²) in [4.78, 5) is 1.54. The van der Waals surface area contributed by atoms with Gasteiger partial charge in [-0.15, -0.1) is 0 Å². The van der Waals surface area contributed by atoms with E-state index in [0.29, 0.717) is 6.54 Å². The van der Waals surface area contributed by atoms with Gasteiger partial charge in [0, 0.05) is 10.9 Å². The second-order valence-corrected chi connectivity index (χ2v) is 9.71. The maximum Gasteiger partial charge on any atom is 0.121 e. The van der Waals surface area contributed by atoms with E-state index in [1.54, 1.807) is 4.90 Å². The molecule has 0 saturated carbocycles. The Hall–Kier alpha value is -2.88. The minimum atomic E-state index is -0.375. The number of quaternary nitrogens is 1. The first-order valence-electron chi connectivity index (χ1n) is 12.4. The van der Waals surface area contributed by atoms with Gasteiger partial charge in [0.25, 0.3) is 0 Å². The Morgan fingerprint density at radius 1 is 0.848 bits per heavy atom. The predicted octanol–water partition coefficient (Wildman–Crippen LogP) is 5.02. The number of aryl methyl sites for hydroxylation is 2. The number of aromatic nitrogens is 1. The topological polar surface area (TPSA) is 29.6 Å². The number of fused-ring (bicyclic) bond motifs is 1. The van der Waals surface area contributed by atoms with E-state index in [4.69, 9.17) is 0 Å². The maximum absolute atomic E-state index is 11.3. The molecule has 4 aromatic rings. The zero-order valence-corrected chi connectivity index (χ0v) is 19.8. The lowest BCUT2D eigenvalue weighted by Gasteiger charge is -2.26. The van der Waals surface area contributed by atoms with Crippen LogP contribution >= 0.6 is 0 Å². The van der Waals surface area contributed by atoms with Crippen LogP contribution in [0, 0.1) is 13.8 Å². The number of aliphatic hydroxyl groups is 1. The summed E-state index contributed by atoms with van der Waals surface area (Å²) in [6.45, 7) is 8.18. The van der Waals surface area contributed by atoms with Crippen molar-refractivity contribution >= 4 is 10.9 Å². The standard InChI is InChI=1S/C30H34N2O/c1-22-18-23(2)29-27(19-22)28(24-12-6-3-7-13-24)30(25-14-8-4-9-15-25)32(29)21-26(33)20-31-16-10-5-11-17-31/h3-4,6-9,12-15,18-19,26,33H,5,10-11,16-17,20-21H2,1-2H3/p+1/t26-/m1/s1. The Morgan fingerprint density at radius 3 is 2.15 bits per heavy atom. The van der Waals surface area contributed by atoms with Crippen molar-refractivity contribution in [1.29, 1.82) is 0 Å². The molecule has 170 valence electrons. The maximum atomic E-state index is 11.3. The second kappa shape index (κ2) is 9.54. The first-order chi connectivity index (χ1) is 16.1. The highest BCUT2D eigenvalue weighted by atomic mass is 16.3. The molecule has 1 aromatic heterocycles. The van der Waals surface area contributed by atoms with E-state index in [0.717, 1.165) is 6.54 Å². The molecule has 1 fully saturated rings. The zero-order valence-electron chi connectivity index (χ0n) is 19.8. The van der Waals surface area contributed by atoms with Gasteiger partial charge in [-0.1, -0.05) is 72.3 Å². The van der Waals surface area contributed by atoms with Crippen molar-refractivity contribution in [2.45, 2.75) is 45.8 Å². The number of rotatable bonds is 6. The van der Waals surface area contributed by atoms with Crippen LogP contribution in [0.15, 0.2) is 72.8 Å². The second-order valence-electron chi connectivity index (χ2n) is 9.71. The van der Waals surface area contributed by atoms with Gasteiger partial charge in [-0.05, 0) is 55.9 Å². The Bertz CT molecular complexity index is 1220. The smallest absolute Gasteiger partial charge is 0.121 e. The normalized spacial score (nSPS) is 15.7. The minimum absolute atomic E-state index is 0.375. The Kier molecular flexibility index (Phi) is 6.34. The lowest BCUT2D eigenvalue weighted by molar-refractivity contribution is -0.908. The highest BCUT2D eigenvalue weighted by Gasteiger charge is 2.25. The third-order valence-electron chi connectivity index (χ3n) is 7.08. The van der Waals surface area contributed by atoms with Gasteiger partial charge in [-0.3, -0.25) is 0 Å². The third-order valence-corrected chi connectivity index (χ3v) is 7.08. The molecule has 3 heteroatoms. The van der Waals surface area contributed by atoms with Gasteiger partial charge in [0.2, 0.25) is 0 Å². The number of benzene rings is 3. The number of likely N-dealkylation sites (tertiary alicyclic amines) is 1. The van der Waals surface area contributed by atoms with E-state index in [-0.39, 0.29) is 6.10 Å². The van der Waals surface area contributed by atoms with Crippen LogP contribution in [0.5, 0.6) is 0 Å². The molecule has 0 amide bonds. The number of nitrogens with zero attached hydrogens (tertiary/aromatic N) is 1. The molecule has 0 bridgehead atoms. The quantitative estimate of drug-likeness (QED) is 0.434. The van der Waals surface area contributed by atoms with E-state index in [1.165, 1.54) is 76.8 Å². The number of hydrogen-bond donors (Lipinski definition) is 2. The minimum Gasteiger partial charge on any atom is -0.385 e. The van der Waals surface area contributed by atoms with Crippen LogP contribution in [0.1, 0.15) is 30.4 Å². The van der Waals surface area contributed by atoms with Crippen LogP contribution in [0.3, 0.4) is 0 Å². The summed E-state index contributed by atoms with van der Waals surface area (Å²) in [7, 11) is 0. The first-order valence-corrected chi connectivity index (χ1v) is 12.4. The summed E-state index contributed by atoms with van der Waals surface area (Å²) < 4.78 is 2.40. The third kappa shape index (κ3) is 4.48. The van der Waals surface area contributed by atoms with Gasteiger partial charge in [0.05, 0.1) is 30.8 Å². The molecule has 2 N–H and O–H groups in total. The van der Waals surface area contributed by atoms with Gasteiger partial charge in [0.1, 0.15) is 12.6 Å². The average molecular weight is 440 g/mol. The first kappa shape index (κ1) is 21.9. The summed E-state index contributed by atoms with van der Waals surface area (Å²) in [6, 6.07) is 26.0. The molecule has 0 unspecified atom stereocenters. The van der Waals surface area contributed by atoms with E-state index in [1.807, 2.05) is 0 Å². The zero-order chi connectivity index (χ0) is 22.8. The molecular weight excluding hydrogens is 404 g/mol. The number of hydrogen-bond acceptors (Lipinski definition) is 1. The molecule has 2 heterocycles. The van der Waals surface area contributed by atoms with Gasteiger partial charge >= 0.3 is 0 Å². The van der Waals surface area contributed by atoms with Gasteiger partial charge < -0.3 is 14.6 Å².